The molecular formula is C14H19N3O2S. The van der Waals surface area contributed by atoms with Crippen LogP contribution in [0, 0.1) is 0 Å². The lowest BCUT2D eigenvalue weighted by Gasteiger charge is -2.11. The van der Waals surface area contributed by atoms with Crippen molar-refractivity contribution in [1.29, 1.82) is 0 Å². The summed E-state index contributed by atoms with van der Waals surface area (Å²) in [5.74, 6) is 0.131. The van der Waals surface area contributed by atoms with E-state index in [1.807, 2.05) is 49.5 Å². The average Bonchev–Trinajstić information content (AvgIpc) is 2.84. The minimum Gasteiger partial charge on any atom is -0.308 e. The first-order valence-corrected chi connectivity index (χ1v) is 8.51. The van der Waals surface area contributed by atoms with Gasteiger partial charge in [0.05, 0.1) is 17.1 Å². The second-order valence-corrected chi connectivity index (χ2v) is 7.15. The SMILES string of the molecule is CC(CS(C)(=O)=O)NCc1ccn(-c2ccccc2)n1. The van der Waals surface area contributed by atoms with Gasteiger partial charge in [-0.05, 0) is 25.1 Å². The Morgan fingerprint density at radius 1 is 1.25 bits per heavy atom. The number of hydrogen-bond acceptors (Lipinski definition) is 4. The Labute approximate surface area is 119 Å². The van der Waals surface area contributed by atoms with Crippen molar-refractivity contribution in [3.63, 3.8) is 0 Å². The second kappa shape index (κ2) is 6.19. The summed E-state index contributed by atoms with van der Waals surface area (Å²) in [6, 6.07) is 11.7. The van der Waals surface area contributed by atoms with Gasteiger partial charge in [-0.1, -0.05) is 18.2 Å². The van der Waals surface area contributed by atoms with Gasteiger partial charge in [-0.15, -0.1) is 0 Å². The zero-order valence-corrected chi connectivity index (χ0v) is 12.5. The first kappa shape index (κ1) is 14.7. The Kier molecular flexibility index (Phi) is 4.57. The number of benzene rings is 1. The van der Waals surface area contributed by atoms with Gasteiger partial charge in [0.2, 0.25) is 0 Å². The van der Waals surface area contributed by atoms with E-state index in [-0.39, 0.29) is 11.8 Å². The van der Waals surface area contributed by atoms with Crippen LogP contribution in [-0.4, -0.2) is 36.2 Å². The summed E-state index contributed by atoms with van der Waals surface area (Å²) in [6.07, 6.45) is 3.14. The lowest BCUT2D eigenvalue weighted by Crippen LogP contribution is -2.32. The molecule has 0 aliphatic heterocycles. The predicted octanol–water partition coefficient (Wildman–Crippen LogP) is 1.39. The van der Waals surface area contributed by atoms with Gasteiger partial charge in [0, 0.05) is 25.0 Å². The fraction of sp³-hybridized carbons (Fsp3) is 0.357. The van der Waals surface area contributed by atoms with E-state index in [0.717, 1.165) is 11.4 Å². The van der Waals surface area contributed by atoms with Crippen molar-refractivity contribution in [2.24, 2.45) is 0 Å². The van der Waals surface area contributed by atoms with Crippen LogP contribution in [0.15, 0.2) is 42.6 Å². The molecule has 0 fully saturated rings. The molecule has 0 aliphatic carbocycles. The predicted molar refractivity (Wildman–Crippen MR) is 79.6 cm³/mol. The van der Waals surface area contributed by atoms with Crippen molar-refractivity contribution < 1.29 is 8.42 Å². The van der Waals surface area contributed by atoms with Crippen molar-refractivity contribution in [3.05, 3.63) is 48.3 Å². The van der Waals surface area contributed by atoms with Crippen LogP contribution in [0.2, 0.25) is 0 Å². The van der Waals surface area contributed by atoms with Crippen LogP contribution in [0.25, 0.3) is 5.69 Å². The Balaban J connectivity index is 1.94. The van der Waals surface area contributed by atoms with Crippen LogP contribution in [0.1, 0.15) is 12.6 Å². The monoisotopic (exact) mass is 293 g/mol. The van der Waals surface area contributed by atoms with Crippen molar-refractivity contribution >= 4 is 9.84 Å². The molecule has 0 radical (unpaired) electrons. The summed E-state index contributed by atoms with van der Waals surface area (Å²) in [5.41, 5.74) is 1.89. The lowest BCUT2D eigenvalue weighted by atomic mass is 10.3. The van der Waals surface area contributed by atoms with E-state index >= 15 is 0 Å². The molecule has 5 nitrogen and oxygen atoms in total. The third-order valence-corrected chi connectivity index (χ3v) is 3.95. The molecule has 0 aliphatic rings. The summed E-state index contributed by atoms with van der Waals surface area (Å²) in [7, 11) is -2.95. The van der Waals surface area contributed by atoms with Gasteiger partial charge in [-0.2, -0.15) is 5.10 Å². The highest BCUT2D eigenvalue weighted by molar-refractivity contribution is 7.90. The molecule has 1 heterocycles. The number of nitrogens with zero attached hydrogens (tertiary/aromatic N) is 2. The minimum atomic E-state index is -2.95. The third-order valence-electron chi connectivity index (χ3n) is 2.85. The number of aromatic nitrogens is 2. The molecule has 0 saturated carbocycles. The van der Waals surface area contributed by atoms with Gasteiger partial charge in [-0.3, -0.25) is 0 Å². The Bertz CT molecular complexity index is 650. The third kappa shape index (κ3) is 4.47. The Morgan fingerprint density at radius 2 is 1.95 bits per heavy atom. The highest BCUT2D eigenvalue weighted by Gasteiger charge is 2.10. The van der Waals surface area contributed by atoms with E-state index in [1.165, 1.54) is 6.26 Å². The molecule has 0 amide bonds. The van der Waals surface area contributed by atoms with Crippen molar-refractivity contribution in [2.75, 3.05) is 12.0 Å². The molecule has 6 heteroatoms. The Morgan fingerprint density at radius 3 is 2.60 bits per heavy atom. The van der Waals surface area contributed by atoms with Crippen LogP contribution in [0.4, 0.5) is 0 Å². The van der Waals surface area contributed by atoms with E-state index in [4.69, 9.17) is 0 Å². The molecule has 2 aromatic rings. The first-order valence-electron chi connectivity index (χ1n) is 6.45. The van der Waals surface area contributed by atoms with Crippen molar-refractivity contribution in [2.45, 2.75) is 19.5 Å². The zero-order valence-electron chi connectivity index (χ0n) is 11.7. The largest absolute Gasteiger partial charge is 0.308 e. The second-order valence-electron chi connectivity index (χ2n) is 4.96. The standard InChI is InChI=1S/C14H19N3O2S/c1-12(11-20(2,18)19)15-10-13-8-9-17(16-13)14-6-4-3-5-7-14/h3-9,12,15H,10-11H2,1-2H3. The molecule has 1 atom stereocenters. The van der Waals surface area contributed by atoms with Crippen LogP contribution in [0.3, 0.4) is 0 Å². The van der Waals surface area contributed by atoms with Crippen LogP contribution < -0.4 is 5.32 Å². The first-order chi connectivity index (χ1) is 9.44. The Hall–Kier alpha value is -1.66. The highest BCUT2D eigenvalue weighted by Crippen LogP contribution is 2.06. The number of sulfone groups is 1. The van der Waals surface area contributed by atoms with Gasteiger partial charge in [0.25, 0.3) is 0 Å². The number of nitrogens with one attached hydrogen (secondary N) is 1. The van der Waals surface area contributed by atoms with Crippen LogP contribution >= 0.6 is 0 Å². The molecule has 0 bridgehead atoms. The molecule has 1 aromatic carbocycles. The highest BCUT2D eigenvalue weighted by atomic mass is 32.2. The molecule has 108 valence electrons. The molecule has 1 aromatic heterocycles. The van der Waals surface area contributed by atoms with E-state index < -0.39 is 9.84 Å². The van der Waals surface area contributed by atoms with Crippen LogP contribution in [0.5, 0.6) is 0 Å². The van der Waals surface area contributed by atoms with E-state index in [1.54, 1.807) is 4.68 Å². The zero-order chi connectivity index (χ0) is 14.6. The summed E-state index contributed by atoms with van der Waals surface area (Å²) in [4.78, 5) is 0. The summed E-state index contributed by atoms with van der Waals surface area (Å²) in [6.45, 7) is 2.41. The smallest absolute Gasteiger partial charge is 0.148 e. The van der Waals surface area contributed by atoms with Gasteiger partial charge in [0.15, 0.2) is 0 Å². The normalized spacial score (nSPS) is 13.3. The van der Waals surface area contributed by atoms with E-state index in [2.05, 4.69) is 10.4 Å². The summed E-state index contributed by atoms with van der Waals surface area (Å²) in [5, 5.41) is 7.62. The molecular weight excluding hydrogens is 274 g/mol. The molecule has 2 rings (SSSR count). The van der Waals surface area contributed by atoms with Crippen molar-refractivity contribution in [3.8, 4) is 5.69 Å². The topological polar surface area (TPSA) is 64.0 Å². The maximum absolute atomic E-state index is 11.2. The summed E-state index contributed by atoms with van der Waals surface area (Å²) < 4.78 is 24.2. The molecule has 0 spiro atoms. The average molecular weight is 293 g/mol. The molecule has 1 unspecified atom stereocenters. The minimum absolute atomic E-state index is 0.0909. The van der Waals surface area contributed by atoms with Gasteiger partial charge in [-0.25, -0.2) is 13.1 Å². The molecule has 1 N–H and O–H groups in total. The summed E-state index contributed by atoms with van der Waals surface area (Å²) >= 11 is 0. The quantitative estimate of drug-likeness (QED) is 0.874. The van der Waals surface area contributed by atoms with Crippen LogP contribution in [-0.2, 0) is 16.4 Å². The number of hydrogen-bond donors (Lipinski definition) is 1. The fourth-order valence-electron chi connectivity index (χ4n) is 1.97. The fourth-order valence-corrected chi connectivity index (χ4v) is 3.00. The van der Waals surface area contributed by atoms with Gasteiger partial charge < -0.3 is 5.32 Å². The molecule has 0 saturated heterocycles. The lowest BCUT2D eigenvalue weighted by molar-refractivity contribution is 0.555. The number of rotatable bonds is 6. The maximum Gasteiger partial charge on any atom is 0.148 e. The van der Waals surface area contributed by atoms with E-state index in [9.17, 15) is 8.42 Å². The number of para-hydroxylation sites is 1. The van der Waals surface area contributed by atoms with E-state index in [0.29, 0.717) is 6.54 Å². The van der Waals surface area contributed by atoms with Gasteiger partial charge in [0.1, 0.15) is 9.84 Å². The van der Waals surface area contributed by atoms with Gasteiger partial charge >= 0.3 is 0 Å². The molecule has 20 heavy (non-hydrogen) atoms. The maximum atomic E-state index is 11.2. The van der Waals surface area contributed by atoms with Crippen molar-refractivity contribution in [1.82, 2.24) is 15.1 Å².